The second-order valence-electron chi connectivity index (χ2n) is 4.28. The van der Waals surface area contributed by atoms with Crippen LogP contribution < -0.4 is 5.32 Å². The summed E-state index contributed by atoms with van der Waals surface area (Å²) >= 11 is 0. The molecule has 2 unspecified atom stereocenters. The van der Waals surface area contributed by atoms with Gasteiger partial charge in [0.15, 0.2) is 6.04 Å². The van der Waals surface area contributed by atoms with Crippen molar-refractivity contribution in [2.24, 2.45) is 0 Å². The van der Waals surface area contributed by atoms with Gasteiger partial charge in [0.2, 0.25) is 5.91 Å². The number of hydrogen-bond donors (Lipinski definition) is 2. The Morgan fingerprint density at radius 2 is 1.95 bits per heavy atom. The van der Waals surface area contributed by atoms with Crippen molar-refractivity contribution >= 4 is 11.9 Å². The van der Waals surface area contributed by atoms with Crippen molar-refractivity contribution in [2.75, 3.05) is 6.61 Å². The van der Waals surface area contributed by atoms with Gasteiger partial charge in [-0.25, -0.2) is 4.79 Å². The summed E-state index contributed by atoms with van der Waals surface area (Å²) in [4.78, 5) is 22.8. The van der Waals surface area contributed by atoms with Gasteiger partial charge in [0, 0.05) is 0 Å². The summed E-state index contributed by atoms with van der Waals surface area (Å²) in [6.07, 6.45) is 0.777. The number of amides is 1. The van der Waals surface area contributed by atoms with E-state index in [-0.39, 0.29) is 12.7 Å². The molecule has 0 aliphatic carbocycles. The molecule has 0 aliphatic heterocycles. The summed E-state index contributed by atoms with van der Waals surface area (Å²) < 4.78 is 5.26. The quantitative estimate of drug-likeness (QED) is 0.787. The van der Waals surface area contributed by atoms with Crippen molar-refractivity contribution < 1.29 is 19.4 Å². The third kappa shape index (κ3) is 5.09. The fourth-order valence-electron chi connectivity index (χ4n) is 1.47. The maximum absolute atomic E-state index is 11.7. The molecule has 1 aromatic carbocycles. The van der Waals surface area contributed by atoms with Crippen LogP contribution in [0.4, 0.5) is 0 Å². The SMILES string of the molecule is CCC(C)OCC(=O)NC(C(=O)O)c1ccccc1. The predicted molar refractivity (Wildman–Crippen MR) is 70.7 cm³/mol. The molecule has 0 radical (unpaired) electrons. The highest BCUT2D eigenvalue weighted by molar-refractivity contribution is 5.85. The monoisotopic (exact) mass is 265 g/mol. The number of carbonyl (C=O) groups is 2. The zero-order valence-electron chi connectivity index (χ0n) is 11.1. The minimum Gasteiger partial charge on any atom is -0.479 e. The van der Waals surface area contributed by atoms with Crippen LogP contribution in [0, 0.1) is 0 Å². The first-order valence-electron chi connectivity index (χ1n) is 6.23. The molecule has 2 N–H and O–H groups in total. The van der Waals surface area contributed by atoms with Gasteiger partial charge in [-0.3, -0.25) is 4.79 Å². The number of carboxylic acids is 1. The Kier molecular flexibility index (Phi) is 6.02. The van der Waals surface area contributed by atoms with Crippen molar-refractivity contribution in [2.45, 2.75) is 32.4 Å². The molecule has 0 saturated heterocycles. The third-order valence-corrected chi connectivity index (χ3v) is 2.76. The van der Waals surface area contributed by atoms with Crippen LogP contribution in [0.3, 0.4) is 0 Å². The lowest BCUT2D eigenvalue weighted by atomic mass is 10.1. The number of carbonyl (C=O) groups excluding carboxylic acids is 1. The molecule has 104 valence electrons. The molecule has 5 nitrogen and oxygen atoms in total. The standard InChI is InChI=1S/C14H19NO4/c1-3-10(2)19-9-12(16)15-13(14(17)18)11-7-5-4-6-8-11/h4-8,10,13H,3,9H2,1-2H3,(H,15,16)(H,17,18). The zero-order valence-corrected chi connectivity index (χ0v) is 11.1. The van der Waals surface area contributed by atoms with E-state index in [1.165, 1.54) is 0 Å². The number of aliphatic carboxylic acids is 1. The normalized spacial score (nSPS) is 13.6. The lowest BCUT2D eigenvalue weighted by molar-refractivity contribution is -0.143. The number of benzene rings is 1. The molecule has 1 aromatic rings. The number of nitrogens with one attached hydrogen (secondary N) is 1. The molecule has 5 heteroatoms. The maximum atomic E-state index is 11.7. The predicted octanol–water partition coefficient (Wildman–Crippen LogP) is 1.74. The van der Waals surface area contributed by atoms with Gasteiger partial charge in [-0.2, -0.15) is 0 Å². The van der Waals surface area contributed by atoms with E-state index in [2.05, 4.69) is 5.32 Å². The van der Waals surface area contributed by atoms with Crippen molar-refractivity contribution in [3.63, 3.8) is 0 Å². The van der Waals surface area contributed by atoms with Crippen LogP contribution in [0.25, 0.3) is 0 Å². The molecular weight excluding hydrogens is 246 g/mol. The fraction of sp³-hybridized carbons (Fsp3) is 0.429. The highest BCUT2D eigenvalue weighted by atomic mass is 16.5. The molecule has 0 saturated carbocycles. The molecule has 1 amide bonds. The van der Waals surface area contributed by atoms with Crippen LogP contribution in [0.1, 0.15) is 31.9 Å². The Bertz CT molecular complexity index is 419. The molecule has 0 aliphatic rings. The van der Waals surface area contributed by atoms with E-state index in [9.17, 15) is 9.59 Å². The van der Waals surface area contributed by atoms with Gasteiger partial charge in [0.05, 0.1) is 6.10 Å². The van der Waals surface area contributed by atoms with E-state index >= 15 is 0 Å². The van der Waals surface area contributed by atoms with E-state index in [1.807, 2.05) is 13.8 Å². The zero-order chi connectivity index (χ0) is 14.3. The van der Waals surface area contributed by atoms with E-state index in [0.29, 0.717) is 5.56 Å². The van der Waals surface area contributed by atoms with Gasteiger partial charge >= 0.3 is 5.97 Å². The fourth-order valence-corrected chi connectivity index (χ4v) is 1.47. The van der Waals surface area contributed by atoms with Crippen LogP contribution >= 0.6 is 0 Å². The molecule has 0 bridgehead atoms. The van der Waals surface area contributed by atoms with Crippen LogP contribution in [0.2, 0.25) is 0 Å². The molecule has 0 spiro atoms. The maximum Gasteiger partial charge on any atom is 0.330 e. The summed E-state index contributed by atoms with van der Waals surface area (Å²) in [6, 6.07) is 7.52. The molecule has 1 rings (SSSR count). The second-order valence-corrected chi connectivity index (χ2v) is 4.28. The third-order valence-electron chi connectivity index (χ3n) is 2.76. The first kappa shape index (κ1) is 15.2. The van der Waals surface area contributed by atoms with Gasteiger partial charge < -0.3 is 15.2 Å². The summed E-state index contributed by atoms with van der Waals surface area (Å²) in [6.45, 7) is 3.68. The van der Waals surface area contributed by atoms with E-state index < -0.39 is 17.9 Å². The lowest BCUT2D eigenvalue weighted by Crippen LogP contribution is -2.36. The number of hydrogen-bond acceptors (Lipinski definition) is 3. The van der Waals surface area contributed by atoms with Crippen LogP contribution in [0.15, 0.2) is 30.3 Å². The van der Waals surface area contributed by atoms with Gasteiger partial charge in [0.25, 0.3) is 0 Å². The number of rotatable bonds is 7. The average molecular weight is 265 g/mol. The Balaban J connectivity index is 2.60. The average Bonchev–Trinajstić information content (AvgIpc) is 2.42. The Morgan fingerprint density at radius 1 is 1.32 bits per heavy atom. The van der Waals surface area contributed by atoms with Crippen LogP contribution in [-0.4, -0.2) is 29.7 Å². The molecular formula is C14H19NO4. The minimum atomic E-state index is -1.09. The smallest absolute Gasteiger partial charge is 0.330 e. The Morgan fingerprint density at radius 3 is 2.47 bits per heavy atom. The van der Waals surface area contributed by atoms with E-state index in [1.54, 1.807) is 30.3 Å². The minimum absolute atomic E-state index is 0.0225. The van der Waals surface area contributed by atoms with E-state index in [0.717, 1.165) is 6.42 Å². The summed E-state index contributed by atoms with van der Waals surface area (Å²) in [5.41, 5.74) is 0.534. The second kappa shape index (κ2) is 7.53. The first-order valence-corrected chi connectivity index (χ1v) is 6.23. The van der Waals surface area contributed by atoms with Gasteiger partial charge in [0.1, 0.15) is 6.61 Å². The van der Waals surface area contributed by atoms with Crippen molar-refractivity contribution in [1.29, 1.82) is 0 Å². The molecule has 0 fully saturated rings. The van der Waals surface area contributed by atoms with Crippen molar-refractivity contribution in [3.8, 4) is 0 Å². The summed E-state index contributed by atoms with van der Waals surface area (Å²) in [7, 11) is 0. The van der Waals surface area contributed by atoms with Gasteiger partial charge in [-0.05, 0) is 18.9 Å². The first-order chi connectivity index (χ1) is 9.04. The van der Waals surface area contributed by atoms with Gasteiger partial charge in [-0.15, -0.1) is 0 Å². The van der Waals surface area contributed by atoms with E-state index in [4.69, 9.17) is 9.84 Å². The molecule has 0 heterocycles. The summed E-state index contributed by atoms with van der Waals surface area (Å²) in [5.74, 6) is -1.53. The lowest BCUT2D eigenvalue weighted by Gasteiger charge is -2.16. The van der Waals surface area contributed by atoms with Crippen LogP contribution in [0.5, 0.6) is 0 Å². The van der Waals surface area contributed by atoms with Crippen LogP contribution in [-0.2, 0) is 14.3 Å². The molecule has 2 atom stereocenters. The largest absolute Gasteiger partial charge is 0.479 e. The number of ether oxygens (including phenoxy) is 1. The Hall–Kier alpha value is -1.88. The molecule has 19 heavy (non-hydrogen) atoms. The number of carboxylic acid groups (broad SMARTS) is 1. The highest BCUT2D eigenvalue weighted by Gasteiger charge is 2.21. The topological polar surface area (TPSA) is 75.6 Å². The Labute approximate surface area is 112 Å². The summed E-state index contributed by atoms with van der Waals surface area (Å²) in [5, 5.41) is 11.6. The van der Waals surface area contributed by atoms with Gasteiger partial charge in [-0.1, -0.05) is 37.3 Å². The van der Waals surface area contributed by atoms with Crippen molar-refractivity contribution in [3.05, 3.63) is 35.9 Å². The molecule has 0 aromatic heterocycles. The van der Waals surface area contributed by atoms with Crippen molar-refractivity contribution in [1.82, 2.24) is 5.32 Å². The highest BCUT2D eigenvalue weighted by Crippen LogP contribution is 2.12.